The van der Waals surface area contributed by atoms with E-state index in [4.69, 9.17) is 0 Å². The predicted molar refractivity (Wildman–Crippen MR) is 55.0 cm³/mol. The van der Waals surface area contributed by atoms with Gasteiger partial charge in [-0.2, -0.15) is 0 Å². The molecule has 1 N–H and O–H groups in total. The highest BCUT2D eigenvalue weighted by atomic mass is 19.1. The molecule has 0 saturated heterocycles. The lowest BCUT2D eigenvalue weighted by atomic mass is 10.1. The van der Waals surface area contributed by atoms with Crippen LogP contribution in [0.1, 0.15) is 5.56 Å². The van der Waals surface area contributed by atoms with Crippen molar-refractivity contribution >= 4 is 5.97 Å². The van der Waals surface area contributed by atoms with E-state index in [1.54, 1.807) is 19.2 Å². The molecule has 0 fully saturated rings. The summed E-state index contributed by atoms with van der Waals surface area (Å²) in [5, 5.41) is 2.82. The second-order valence-electron chi connectivity index (χ2n) is 3.20. The van der Waals surface area contributed by atoms with E-state index < -0.39 is 6.04 Å². The maximum absolute atomic E-state index is 12.9. The van der Waals surface area contributed by atoms with Crippen LogP contribution in [0.3, 0.4) is 0 Å². The SMILES string of the molecule is CNC(Cc1cccc(F)c1)C(=O)OC. The number of methoxy groups -OCH3 is 1. The maximum atomic E-state index is 12.9. The van der Waals surface area contributed by atoms with Crippen LogP contribution in [0, 0.1) is 5.82 Å². The minimum Gasteiger partial charge on any atom is -0.468 e. The Morgan fingerprint density at radius 3 is 2.87 bits per heavy atom. The molecule has 0 aliphatic heterocycles. The summed E-state index contributed by atoms with van der Waals surface area (Å²) in [4.78, 5) is 11.3. The predicted octanol–water partition coefficient (Wildman–Crippen LogP) is 1.13. The molecule has 0 saturated carbocycles. The Balaban J connectivity index is 2.70. The highest BCUT2D eigenvalue weighted by molar-refractivity contribution is 5.76. The zero-order valence-corrected chi connectivity index (χ0v) is 8.79. The van der Waals surface area contributed by atoms with Gasteiger partial charge in [0.1, 0.15) is 11.9 Å². The first-order chi connectivity index (χ1) is 7.17. The first-order valence-corrected chi connectivity index (χ1v) is 4.67. The summed E-state index contributed by atoms with van der Waals surface area (Å²) in [6.07, 6.45) is 0.418. The van der Waals surface area contributed by atoms with Gasteiger partial charge in [0, 0.05) is 0 Å². The Morgan fingerprint density at radius 1 is 1.60 bits per heavy atom. The second kappa shape index (κ2) is 5.46. The van der Waals surface area contributed by atoms with Crippen molar-refractivity contribution in [3.05, 3.63) is 35.6 Å². The molecule has 0 radical (unpaired) electrons. The molecule has 1 rings (SSSR count). The van der Waals surface area contributed by atoms with Crippen molar-refractivity contribution < 1.29 is 13.9 Å². The molecule has 0 spiro atoms. The van der Waals surface area contributed by atoms with E-state index in [-0.39, 0.29) is 11.8 Å². The fraction of sp³-hybridized carbons (Fsp3) is 0.364. The van der Waals surface area contributed by atoms with Gasteiger partial charge in [-0.1, -0.05) is 12.1 Å². The van der Waals surface area contributed by atoms with E-state index in [0.717, 1.165) is 5.56 Å². The Bertz CT molecular complexity index is 341. The average Bonchev–Trinajstić information content (AvgIpc) is 2.25. The number of hydrogen-bond donors (Lipinski definition) is 1. The van der Waals surface area contributed by atoms with E-state index in [2.05, 4.69) is 10.1 Å². The van der Waals surface area contributed by atoms with Gasteiger partial charge in [-0.15, -0.1) is 0 Å². The number of ether oxygens (including phenoxy) is 1. The number of carbonyl (C=O) groups is 1. The molecule has 0 bridgehead atoms. The minimum atomic E-state index is -0.434. The van der Waals surface area contributed by atoms with Crippen molar-refractivity contribution in [3.8, 4) is 0 Å². The standard InChI is InChI=1S/C11H14FNO2/c1-13-10(11(14)15-2)7-8-4-3-5-9(12)6-8/h3-6,10,13H,7H2,1-2H3. The third-order valence-corrected chi connectivity index (χ3v) is 2.16. The van der Waals surface area contributed by atoms with E-state index in [0.29, 0.717) is 6.42 Å². The Hall–Kier alpha value is -1.42. The Morgan fingerprint density at radius 2 is 2.33 bits per heavy atom. The van der Waals surface area contributed by atoms with Crippen LogP contribution in [0.25, 0.3) is 0 Å². The van der Waals surface area contributed by atoms with Crippen LogP contribution in [0.2, 0.25) is 0 Å². The molecule has 0 heterocycles. The quantitative estimate of drug-likeness (QED) is 0.759. The first-order valence-electron chi connectivity index (χ1n) is 4.67. The molecular formula is C11H14FNO2. The fourth-order valence-corrected chi connectivity index (χ4v) is 1.35. The highest BCUT2D eigenvalue weighted by Crippen LogP contribution is 2.07. The van der Waals surface area contributed by atoms with Crippen LogP contribution in [-0.2, 0) is 16.0 Å². The van der Waals surface area contributed by atoms with Gasteiger partial charge in [0.2, 0.25) is 0 Å². The summed E-state index contributed by atoms with van der Waals surface area (Å²) in [7, 11) is 3.00. The smallest absolute Gasteiger partial charge is 0.323 e. The Kier molecular flexibility index (Phi) is 4.24. The summed E-state index contributed by atoms with van der Waals surface area (Å²) in [5.74, 6) is -0.644. The van der Waals surface area contributed by atoms with Gasteiger partial charge in [-0.05, 0) is 31.2 Å². The number of rotatable bonds is 4. The zero-order valence-electron chi connectivity index (χ0n) is 8.79. The van der Waals surface area contributed by atoms with E-state index in [9.17, 15) is 9.18 Å². The van der Waals surface area contributed by atoms with Gasteiger partial charge in [0.25, 0.3) is 0 Å². The molecular weight excluding hydrogens is 197 g/mol. The molecule has 1 aromatic carbocycles. The first kappa shape index (κ1) is 11.7. The number of benzene rings is 1. The highest BCUT2D eigenvalue weighted by Gasteiger charge is 2.17. The molecule has 1 atom stereocenters. The summed E-state index contributed by atoms with van der Waals surface area (Å²) in [6, 6.07) is 5.74. The second-order valence-corrected chi connectivity index (χ2v) is 3.20. The summed E-state index contributed by atoms with van der Waals surface area (Å²) >= 11 is 0. The van der Waals surface area contributed by atoms with Crippen molar-refractivity contribution in [2.24, 2.45) is 0 Å². The van der Waals surface area contributed by atoms with Crippen molar-refractivity contribution in [1.82, 2.24) is 5.32 Å². The molecule has 0 aliphatic rings. The molecule has 1 unspecified atom stereocenters. The van der Waals surface area contributed by atoms with Crippen LogP contribution < -0.4 is 5.32 Å². The van der Waals surface area contributed by atoms with Crippen molar-refractivity contribution in [3.63, 3.8) is 0 Å². The van der Waals surface area contributed by atoms with Gasteiger partial charge in [0.15, 0.2) is 0 Å². The number of carbonyl (C=O) groups excluding carboxylic acids is 1. The monoisotopic (exact) mass is 211 g/mol. The average molecular weight is 211 g/mol. The lowest BCUT2D eigenvalue weighted by Crippen LogP contribution is -2.36. The Labute approximate surface area is 88.2 Å². The lowest BCUT2D eigenvalue weighted by molar-refractivity contribution is -0.142. The van der Waals surface area contributed by atoms with Crippen molar-refractivity contribution in [1.29, 1.82) is 0 Å². The molecule has 0 amide bonds. The van der Waals surface area contributed by atoms with Crippen LogP contribution in [0.4, 0.5) is 4.39 Å². The van der Waals surface area contributed by atoms with Gasteiger partial charge in [-0.3, -0.25) is 4.79 Å². The number of esters is 1. The molecule has 0 aromatic heterocycles. The normalized spacial score (nSPS) is 12.2. The van der Waals surface area contributed by atoms with Crippen LogP contribution in [0.15, 0.2) is 24.3 Å². The third-order valence-electron chi connectivity index (χ3n) is 2.16. The van der Waals surface area contributed by atoms with Gasteiger partial charge < -0.3 is 10.1 Å². The summed E-state index contributed by atoms with van der Waals surface area (Å²) in [6.45, 7) is 0. The lowest BCUT2D eigenvalue weighted by Gasteiger charge is -2.13. The molecule has 1 aromatic rings. The summed E-state index contributed by atoms with van der Waals surface area (Å²) in [5.41, 5.74) is 0.764. The maximum Gasteiger partial charge on any atom is 0.323 e. The zero-order chi connectivity index (χ0) is 11.3. The molecule has 82 valence electrons. The summed E-state index contributed by atoms with van der Waals surface area (Å²) < 4.78 is 17.5. The van der Waals surface area contributed by atoms with Crippen molar-refractivity contribution in [2.75, 3.05) is 14.2 Å². The van der Waals surface area contributed by atoms with Crippen LogP contribution >= 0.6 is 0 Å². The largest absolute Gasteiger partial charge is 0.468 e. The van der Waals surface area contributed by atoms with Gasteiger partial charge in [-0.25, -0.2) is 4.39 Å². The van der Waals surface area contributed by atoms with Gasteiger partial charge in [0.05, 0.1) is 7.11 Å². The number of hydrogen-bond acceptors (Lipinski definition) is 3. The molecule has 0 aliphatic carbocycles. The number of halogens is 1. The third kappa shape index (κ3) is 3.32. The number of likely N-dealkylation sites (N-methyl/N-ethyl adjacent to an activating group) is 1. The van der Waals surface area contributed by atoms with Crippen LogP contribution in [0.5, 0.6) is 0 Å². The fourth-order valence-electron chi connectivity index (χ4n) is 1.35. The van der Waals surface area contributed by atoms with Gasteiger partial charge >= 0.3 is 5.97 Å². The number of nitrogens with one attached hydrogen (secondary N) is 1. The molecule has 3 nitrogen and oxygen atoms in total. The molecule has 4 heteroatoms. The topological polar surface area (TPSA) is 38.3 Å². The van der Waals surface area contributed by atoms with E-state index in [1.807, 2.05) is 0 Å². The van der Waals surface area contributed by atoms with E-state index in [1.165, 1.54) is 19.2 Å². The van der Waals surface area contributed by atoms with Crippen LogP contribution in [-0.4, -0.2) is 26.2 Å². The van der Waals surface area contributed by atoms with Crippen molar-refractivity contribution in [2.45, 2.75) is 12.5 Å². The minimum absolute atomic E-state index is 0.299. The van der Waals surface area contributed by atoms with E-state index >= 15 is 0 Å². The molecule has 15 heavy (non-hydrogen) atoms.